The first kappa shape index (κ1) is 21.5. The molecule has 2 aliphatic heterocycles. The Morgan fingerprint density at radius 2 is 2.00 bits per heavy atom. The average Bonchev–Trinajstić information content (AvgIpc) is 2.69. The van der Waals surface area contributed by atoms with Gasteiger partial charge in [0.05, 0.1) is 5.92 Å². The molecule has 0 spiro atoms. The Hall–Kier alpha value is -1.79. The van der Waals surface area contributed by atoms with Crippen molar-refractivity contribution in [3.05, 3.63) is 30.3 Å². The molecule has 3 atom stereocenters. The van der Waals surface area contributed by atoms with Gasteiger partial charge in [-0.15, -0.1) is 12.4 Å². The molecule has 2 aliphatic rings. The van der Waals surface area contributed by atoms with E-state index in [1.165, 1.54) is 0 Å². The zero-order valence-electron chi connectivity index (χ0n) is 15.9. The van der Waals surface area contributed by atoms with Gasteiger partial charge in [0.2, 0.25) is 5.91 Å². The molecular weight excluding hydrogens is 366 g/mol. The highest BCUT2D eigenvalue weighted by Gasteiger charge is 2.31. The first-order valence-electron chi connectivity index (χ1n) is 9.63. The number of likely N-dealkylation sites (tertiary alicyclic amines) is 1. The van der Waals surface area contributed by atoms with Gasteiger partial charge in [0.15, 0.2) is 6.61 Å². The maximum Gasteiger partial charge on any atom is 0.260 e. The van der Waals surface area contributed by atoms with E-state index in [0.717, 1.165) is 32.2 Å². The highest BCUT2D eigenvalue weighted by atomic mass is 35.5. The summed E-state index contributed by atoms with van der Waals surface area (Å²) in [5.74, 6) is 0.579. The van der Waals surface area contributed by atoms with Crippen LogP contribution in [0.2, 0.25) is 0 Å². The molecule has 0 bridgehead atoms. The first-order chi connectivity index (χ1) is 12.6. The van der Waals surface area contributed by atoms with Gasteiger partial charge in [-0.1, -0.05) is 18.2 Å². The molecule has 3 rings (SSSR count). The predicted molar refractivity (Wildman–Crippen MR) is 107 cm³/mol. The van der Waals surface area contributed by atoms with Gasteiger partial charge >= 0.3 is 0 Å². The second-order valence-corrected chi connectivity index (χ2v) is 7.28. The molecule has 2 amide bonds. The zero-order valence-corrected chi connectivity index (χ0v) is 16.7. The molecule has 27 heavy (non-hydrogen) atoms. The average molecular weight is 396 g/mol. The number of benzene rings is 1. The van der Waals surface area contributed by atoms with Crippen molar-refractivity contribution < 1.29 is 14.3 Å². The van der Waals surface area contributed by atoms with Gasteiger partial charge in [0.25, 0.3) is 5.91 Å². The summed E-state index contributed by atoms with van der Waals surface area (Å²) in [6, 6.07) is 9.81. The van der Waals surface area contributed by atoms with Crippen LogP contribution in [0.3, 0.4) is 0 Å². The van der Waals surface area contributed by atoms with Gasteiger partial charge in [-0.25, -0.2) is 0 Å². The van der Waals surface area contributed by atoms with Crippen LogP contribution >= 0.6 is 12.4 Å². The number of amides is 2. The number of carbonyl (C=O) groups excluding carboxylic acids is 2. The molecule has 2 saturated heterocycles. The van der Waals surface area contributed by atoms with Gasteiger partial charge in [0.1, 0.15) is 5.75 Å². The fourth-order valence-electron chi connectivity index (χ4n) is 3.71. The summed E-state index contributed by atoms with van der Waals surface area (Å²) < 4.78 is 5.55. The van der Waals surface area contributed by atoms with Gasteiger partial charge in [-0.3, -0.25) is 9.59 Å². The van der Waals surface area contributed by atoms with Crippen molar-refractivity contribution >= 4 is 24.2 Å². The molecule has 2 N–H and O–H groups in total. The van der Waals surface area contributed by atoms with Gasteiger partial charge < -0.3 is 20.3 Å². The number of hydrogen-bond donors (Lipinski definition) is 2. The van der Waals surface area contributed by atoms with Crippen LogP contribution in [-0.4, -0.2) is 55.0 Å². The molecule has 3 unspecified atom stereocenters. The molecule has 2 fully saturated rings. The molecule has 150 valence electrons. The third-order valence-electron chi connectivity index (χ3n) is 5.34. The number of piperidine rings is 2. The van der Waals surface area contributed by atoms with Crippen LogP contribution in [0.5, 0.6) is 5.75 Å². The predicted octanol–water partition coefficient (Wildman–Crippen LogP) is 1.98. The Morgan fingerprint density at radius 1 is 1.22 bits per heavy atom. The number of ether oxygens (including phenoxy) is 1. The van der Waals surface area contributed by atoms with Crippen LogP contribution in [0.25, 0.3) is 0 Å². The lowest BCUT2D eigenvalue weighted by Gasteiger charge is -2.35. The number of carbonyl (C=O) groups is 2. The van der Waals surface area contributed by atoms with Gasteiger partial charge in [-0.2, -0.15) is 0 Å². The normalized spacial score (nSPS) is 25.2. The second kappa shape index (κ2) is 10.5. The topological polar surface area (TPSA) is 70.7 Å². The minimum absolute atomic E-state index is 0. The number of para-hydroxylation sites is 1. The summed E-state index contributed by atoms with van der Waals surface area (Å²) in [6.45, 7) is 4.32. The Labute approximate surface area is 167 Å². The van der Waals surface area contributed by atoms with E-state index < -0.39 is 0 Å². The SMILES string of the molecule is CC1NCCCC1NC(=O)C1CCCN(C(=O)COc2ccccc2)C1.Cl. The number of halogens is 1. The molecule has 6 nitrogen and oxygen atoms in total. The summed E-state index contributed by atoms with van der Waals surface area (Å²) in [6.07, 6.45) is 3.79. The molecule has 1 aromatic rings. The van der Waals surface area contributed by atoms with Crippen molar-refractivity contribution in [2.75, 3.05) is 26.2 Å². The van der Waals surface area contributed by atoms with Crippen molar-refractivity contribution in [3.8, 4) is 5.75 Å². The van der Waals surface area contributed by atoms with E-state index in [4.69, 9.17) is 4.74 Å². The Morgan fingerprint density at radius 3 is 2.74 bits per heavy atom. The van der Waals surface area contributed by atoms with E-state index in [2.05, 4.69) is 17.6 Å². The quantitative estimate of drug-likeness (QED) is 0.799. The van der Waals surface area contributed by atoms with Crippen molar-refractivity contribution in [1.29, 1.82) is 0 Å². The van der Waals surface area contributed by atoms with Gasteiger partial charge in [-0.05, 0) is 51.3 Å². The van der Waals surface area contributed by atoms with Crippen molar-refractivity contribution in [3.63, 3.8) is 0 Å². The van der Waals surface area contributed by atoms with E-state index in [0.29, 0.717) is 24.9 Å². The molecule has 0 aromatic heterocycles. The van der Waals surface area contributed by atoms with E-state index in [9.17, 15) is 9.59 Å². The monoisotopic (exact) mass is 395 g/mol. The zero-order chi connectivity index (χ0) is 18.4. The summed E-state index contributed by atoms with van der Waals surface area (Å²) >= 11 is 0. The van der Waals surface area contributed by atoms with Crippen LogP contribution in [-0.2, 0) is 9.59 Å². The minimum Gasteiger partial charge on any atom is -0.484 e. The number of nitrogens with zero attached hydrogens (tertiary/aromatic N) is 1. The maximum absolute atomic E-state index is 12.7. The summed E-state index contributed by atoms with van der Waals surface area (Å²) in [5.41, 5.74) is 0. The van der Waals surface area contributed by atoms with E-state index in [-0.39, 0.29) is 42.8 Å². The molecule has 1 aromatic carbocycles. The lowest BCUT2D eigenvalue weighted by molar-refractivity contribution is -0.137. The summed E-state index contributed by atoms with van der Waals surface area (Å²) in [4.78, 5) is 26.9. The number of hydrogen-bond acceptors (Lipinski definition) is 4. The standard InChI is InChI=1S/C20H29N3O3.ClH/c1-15-18(10-5-11-21-15)22-20(25)16-7-6-12-23(13-16)19(24)14-26-17-8-3-2-4-9-17;/h2-4,8-9,15-16,18,21H,5-7,10-14H2,1H3,(H,22,25);1H. The van der Waals surface area contributed by atoms with E-state index in [1.807, 2.05) is 30.3 Å². The Balaban J connectivity index is 0.00000261. The van der Waals surface area contributed by atoms with E-state index in [1.54, 1.807) is 4.90 Å². The van der Waals surface area contributed by atoms with Crippen molar-refractivity contribution in [2.24, 2.45) is 5.92 Å². The fourth-order valence-corrected chi connectivity index (χ4v) is 3.71. The largest absolute Gasteiger partial charge is 0.484 e. The minimum atomic E-state index is -0.126. The lowest BCUT2D eigenvalue weighted by Crippen LogP contribution is -2.55. The molecule has 0 radical (unpaired) electrons. The summed E-state index contributed by atoms with van der Waals surface area (Å²) in [5, 5.41) is 6.59. The highest BCUT2D eigenvalue weighted by molar-refractivity contribution is 5.85. The highest BCUT2D eigenvalue weighted by Crippen LogP contribution is 2.19. The first-order valence-corrected chi connectivity index (χ1v) is 9.63. The van der Waals surface area contributed by atoms with Crippen molar-refractivity contribution in [2.45, 2.75) is 44.7 Å². The maximum atomic E-state index is 12.7. The summed E-state index contributed by atoms with van der Waals surface area (Å²) in [7, 11) is 0. The second-order valence-electron chi connectivity index (χ2n) is 7.28. The van der Waals surface area contributed by atoms with Crippen LogP contribution in [0.4, 0.5) is 0 Å². The Bertz CT molecular complexity index is 614. The van der Waals surface area contributed by atoms with Crippen LogP contribution in [0.1, 0.15) is 32.6 Å². The molecule has 2 heterocycles. The molecule has 0 aliphatic carbocycles. The van der Waals surface area contributed by atoms with Gasteiger partial charge in [0, 0.05) is 25.2 Å². The number of rotatable bonds is 5. The fraction of sp³-hybridized carbons (Fsp3) is 0.600. The van der Waals surface area contributed by atoms with Crippen LogP contribution in [0.15, 0.2) is 30.3 Å². The Kier molecular flexibility index (Phi) is 8.38. The van der Waals surface area contributed by atoms with Crippen molar-refractivity contribution in [1.82, 2.24) is 15.5 Å². The molecular formula is C20H30ClN3O3. The van der Waals surface area contributed by atoms with Crippen LogP contribution in [0, 0.1) is 5.92 Å². The smallest absolute Gasteiger partial charge is 0.260 e. The number of nitrogens with one attached hydrogen (secondary N) is 2. The van der Waals surface area contributed by atoms with E-state index >= 15 is 0 Å². The lowest BCUT2D eigenvalue weighted by atomic mass is 9.94. The third kappa shape index (κ3) is 6.11. The molecule has 7 heteroatoms. The third-order valence-corrected chi connectivity index (χ3v) is 5.34. The van der Waals surface area contributed by atoms with Crippen LogP contribution < -0.4 is 15.4 Å². The molecule has 0 saturated carbocycles.